The Kier molecular flexibility index (Phi) is 6.46. The van der Waals surface area contributed by atoms with E-state index < -0.39 is 5.60 Å². The topological polar surface area (TPSA) is 49.3 Å². The van der Waals surface area contributed by atoms with Gasteiger partial charge in [0.1, 0.15) is 5.60 Å². The molecule has 0 aromatic heterocycles. The Bertz CT molecular complexity index is 651. The predicted molar refractivity (Wildman–Crippen MR) is 100 cm³/mol. The first kappa shape index (κ1) is 18.6. The van der Waals surface area contributed by atoms with Gasteiger partial charge in [-0.3, -0.25) is 4.79 Å². The number of benzene rings is 2. The molecule has 2 N–H and O–H groups in total. The molecule has 128 valence electrons. The van der Waals surface area contributed by atoms with Gasteiger partial charge in [0, 0.05) is 10.1 Å². The maximum absolute atomic E-state index is 12.1. The second kappa shape index (κ2) is 8.36. The van der Waals surface area contributed by atoms with Crippen molar-refractivity contribution in [2.75, 3.05) is 6.54 Å². The number of aliphatic hydroxyl groups is 1. The Morgan fingerprint density at radius 2 is 1.75 bits per heavy atom. The molecule has 0 unspecified atom stereocenters. The fourth-order valence-electron chi connectivity index (χ4n) is 2.38. The number of carbonyl (C=O) groups is 1. The molecule has 2 rings (SSSR count). The van der Waals surface area contributed by atoms with Crippen LogP contribution in [-0.4, -0.2) is 22.8 Å². The van der Waals surface area contributed by atoms with Gasteiger partial charge in [-0.15, -0.1) is 11.8 Å². The molecule has 1 amide bonds. The van der Waals surface area contributed by atoms with Crippen LogP contribution in [0.1, 0.15) is 31.9 Å². The third kappa shape index (κ3) is 5.69. The van der Waals surface area contributed by atoms with Crippen molar-refractivity contribution in [3.8, 4) is 0 Å². The van der Waals surface area contributed by atoms with E-state index in [-0.39, 0.29) is 12.5 Å². The zero-order valence-electron chi connectivity index (χ0n) is 14.5. The van der Waals surface area contributed by atoms with Crippen LogP contribution in [0.3, 0.4) is 0 Å². The fraction of sp³-hybridized carbons (Fsp3) is 0.350. The highest BCUT2D eigenvalue weighted by atomic mass is 32.2. The van der Waals surface area contributed by atoms with E-state index in [9.17, 15) is 9.90 Å². The van der Waals surface area contributed by atoms with Crippen LogP contribution in [0.5, 0.6) is 0 Å². The average Bonchev–Trinajstić information content (AvgIpc) is 2.55. The van der Waals surface area contributed by atoms with Crippen molar-refractivity contribution in [2.45, 2.75) is 42.9 Å². The van der Waals surface area contributed by atoms with Crippen molar-refractivity contribution >= 4 is 17.7 Å². The first-order chi connectivity index (χ1) is 11.4. The lowest BCUT2D eigenvalue weighted by molar-refractivity contribution is -0.121. The van der Waals surface area contributed by atoms with Crippen molar-refractivity contribution in [1.29, 1.82) is 0 Å². The van der Waals surface area contributed by atoms with Crippen LogP contribution < -0.4 is 5.32 Å². The van der Waals surface area contributed by atoms with Gasteiger partial charge in [0.05, 0.1) is 13.0 Å². The van der Waals surface area contributed by atoms with Crippen molar-refractivity contribution in [1.82, 2.24) is 5.32 Å². The number of rotatable bonds is 7. The molecule has 4 heteroatoms. The minimum absolute atomic E-state index is 0.0875. The predicted octanol–water partition coefficient (Wildman–Crippen LogP) is 3.75. The highest BCUT2D eigenvalue weighted by Gasteiger charge is 2.23. The molecular formula is C20H25NO2S. The summed E-state index contributed by atoms with van der Waals surface area (Å²) in [6, 6.07) is 17.4. The van der Waals surface area contributed by atoms with E-state index in [4.69, 9.17) is 0 Å². The minimum Gasteiger partial charge on any atom is -0.384 e. The molecule has 2 aromatic rings. The van der Waals surface area contributed by atoms with Gasteiger partial charge in [-0.05, 0) is 30.2 Å². The summed E-state index contributed by atoms with van der Waals surface area (Å²) in [4.78, 5) is 13.3. The maximum atomic E-state index is 12.1. The molecule has 0 saturated carbocycles. The van der Waals surface area contributed by atoms with E-state index in [0.29, 0.717) is 11.7 Å². The molecular weight excluding hydrogens is 318 g/mol. The normalized spacial score (nSPS) is 13.5. The highest BCUT2D eigenvalue weighted by molar-refractivity contribution is 7.99. The van der Waals surface area contributed by atoms with Crippen LogP contribution in [0.4, 0.5) is 0 Å². The zero-order valence-corrected chi connectivity index (χ0v) is 15.3. The third-order valence-electron chi connectivity index (χ3n) is 3.69. The summed E-state index contributed by atoms with van der Waals surface area (Å²) in [6.07, 6.45) is 0.317. The number of hydrogen-bond donors (Lipinski definition) is 2. The Hall–Kier alpha value is -1.78. The summed E-state index contributed by atoms with van der Waals surface area (Å²) in [7, 11) is 0. The summed E-state index contributed by atoms with van der Waals surface area (Å²) < 4.78 is 0. The van der Waals surface area contributed by atoms with Crippen molar-refractivity contribution in [3.05, 3.63) is 65.7 Å². The molecule has 0 heterocycles. The van der Waals surface area contributed by atoms with Gasteiger partial charge in [-0.1, -0.05) is 56.3 Å². The summed E-state index contributed by atoms with van der Waals surface area (Å²) in [6.45, 7) is 6.22. The second-order valence-electron chi connectivity index (χ2n) is 6.40. The molecule has 0 saturated heterocycles. The van der Waals surface area contributed by atoms with Crippen molar-refractivity contribution in [2.24, 2.45) is 0 Å². The Morgan fingerprint density at radius 3 is 2.33 bits per heavy atom. The van der Waals surface area contributed by atoms with Gasteiger partial charge >= 0.3 is 0 Å². The largest absolute Gasteiger partial charge is 0.384 e. The molecule has 0 aliphatic heterocycles. The number of nitrogens with one attached hydrogen (secondary N) is 1. The van der Waals surface area contributed by atoms with Gasteiger partial charge in [-0.2, -0.15) is 0 Å². The zero-order chi connectivity index (χ0) is 17.6. The average molecular weight is 343 g/mol. The first-order valence-electron chi connectivity index (χ1n) is 8.17. The van der Waals surface area contributed by atoms with Gasteiger partial charge in [-0.25, -0.2) is 0 Å². The van der Waals surface area contributed by atoms with Gasteiger partial charge < -0.3 is 10.4 Å². The van der Waals surface area contributed by atoms with Crippen molar-refractivity contribution < 1.29 is 9.90 Å². The van der Waals surface area contributed by atoms with Crippen LogP contribution in [0.2, 0.25) is 0 Å². The van der Waals surface area contributed by atoms with Crippen molar-refractivity contribution in [3.63, 3.8) is 0 Å². The molecule has 0 aliphatic rings. The Morgan fingerprint density at radius 1 is 1.12 bits per heavy atom. The van der Waals surface area contributed by atoms with E-state index in [0.717, 1.165) is 11.1 Å². The Labute approximate surface area is 148 Å². The van der Waals surface area contributed by atoms with Gasteiger partial charge in [0.15, 0.2) is 0 Å². The molecule has 0 spiro atoms. The van der Waals surface area contributed by atoms with Gasteiger partial charge in [0.25, 0.3) is 0 Å². The maximum Gasteiger partial charge on any atom is 0.224 e. The summed E-state index contributed by atoms with van der Waals surface area (Å²) in [5.74, 6) is -0.0875. The summed E-state index contributed by atoms with van der Waals surface area (Å²) in [5.41, 5.74) is 0.689. The standard InChI is InChI=1S/C20H25NO2S/c1-15(2)24-18-11-9-16(10-12-18)13-19(22)21-14-20(3,23)17-7-5-4-6-8-17/h4-12,15,23H,13-14H2,1-3H3,(H,21,22)/t20-/m1/s1. The first-order valence-corrected chi connectivity index (χ1v) is 9.05. The molecule has 0 bridgehead atoms. The second-order valence-corrected chi connectivity index (χ2v) is 8.05. The van der Waals surface area contributed by atoms with Crippen LogP contribution >= 0.6 is 11.8 Å². The Balaban J connectivity index is 1.87. The fourth-order valence-corrected chi connectivity index (χ4v) is 3.21. The molecule has 0 radical (unpaired) electrons. The molecule has 3 nitrogen and oxygen atoms in total. The number of thioether (sulfide) groups is 1. The lowest BCUT2D eigenvalue weighted by Gasteiger charge is -2.24. The van der Waals surface area contributed by atoms with Crippen LogP contribution in [0, 0.1) is 0 Å². The molecule has 24 heavy (non-hydrogen) atoms. The monoisotopic (exact) mass is 343 g/mol. The van der Waals surface area contributed by atoms with E-state index >= 15 is 0 Å². The minimum atomic E-state index is -1.07. The number of amides is 1. The van der Waals surface area contributed by atoms with E-state index in [1.807, 2.05) is 54.6 Å². The van der Waals surface area contributed by atoms with E-state index in [1.54, 1.807) is 18.7 Å². The quantitative estimate of drug-likeness (QED) is 0.753. The lowest BCUT2D eigenvalue weighted by Crippen LogP contribution is -2.39. The van der Waals surface area contributed by atoms with Crippen LogP contribution in [-0.2, 0) is 16.8 Å². The molecule has 0 aliphatic carbocycles. The SMILES string of the molecule is CC(C)Sc1ccc(CC(=O)NC[C@@](C)(O)c2ccccc2)cc1. The highest BCUT2D eigenvalue weighted by Crippen LogP contribution is 2.23. The van der Waals surface area contributed by atoms with Gasteiger partial charge in [0.2, 0.25) is 5.91 Å². The molecule has 2 aromatic carbocycles. The third-order valence-corrected chi connectivity index (χ3v) is 4.70. The van der Waals surface area contributed by atoms with E-state index in [1.165, 1.54) is 4.90 Å². The van der Waals surface area contributed by atoms with E-state index in [2.05, 4.69) is 19.2 Å². The molecule has 0 fully saturated rings. The molecule has 1 atom stereocenters. The summed E-state index contributed by atoms with van der Waals surface area (Å²) in [5, 5.41) is 13.9. The number of hydrogen-bond acceptors (Lipinski definition) is 3. The summed E-state index contributed by atoms with van der Waals surface area (Å²) >= 11 is 1.80. The van der Waals surface area contributed by atoms with Crippen LogP contribution in [0.15, 0.2) is 59.5 Å². The van der Waals surface area contributed by atoms with Crippen LogP contribution in [0.25, 0.3) is 0 Å². The lowest BCUT2D eigenvalue weighted by atomic mass is 9.96. The smallest absolute Gasteiger partial charge is 0.224 e. The number of carbonyl (C=O) groups excluding carboxylic acids is 1.